The van der Waals surface area contributed by atoms with Crippen molar-refractivity contribution in [2.45, 2.75) is 26.3 Å². The summed E-state index contributed by atoms with van der Waals surface area (Å²) in [7, 11) is 1.97. The van der Waals surface area contributed by atoms with Crippen LogP contribution >= 0.6 is 0 Å². The van der Waals surface area contributed by atoms with Crippen molar-refractivity contribution in [1.29, 1.82) is 0 Å². The molecule has 64 valence electrons. The molecule has 0 unspecified atom stereocenters. The van der Waals surface area contributed by atoms with Crippen LogP contribution in [0.1, 0.15) is 20.8 Å². The molecule has 0 fully saturated rings. The molecular weight excluding hydrogens is 136 g/mol. The second kappa shape index (κ2) is 5.17. The minimum atomic E-state index is 0.162. The Kier molecular flexibility index (Phi) is 4.93. The quantitative estimate of drug-likeness (QED) is 0.457. The topological polar surface area (TPSA) is 24.1 Å². The minimum Gasteiger partial charge on any atom is -0.314 e. The van der Waals surface area contributed by atoms with E-state index in [1.54, 1.807) is 0 Å². The molecule has 0 aliphatic heterocycles. The van der Waals surface area contributed by atoms with E-state index in [1.807, 2.05) is 14.0 Å². The SMILES string of the molecule is CC#CCNCC(C)(C)NC. The molecule has 0 radical (unpaired) electrons. The summed E-state index contributed by atoms with van der Waals surface area (Å²) in [5, 5.41) is 6.45. The predicted octanol–water partition coefficient (Wildman–Crippen LogP) is 0.597. The molecule has 0 rings (SSSR count). The van der Waals surface area contributed by atoms with Gasteiger partial charge in [-0.2, -0.15) is 0 Å². The maximum absolute atomic E-state index is 3.24. The molecule has 0 saturated carbocycles. The molecule has 0 amide bonds. The van der Waals surface area contributed by atoms with Crippen LogP contribution in [0.15, 0.2) is 0 Å². The van der Waals surface area contributed by atoms with Crippen LogP contribution in [0, 0.1) is 11.8 Å². The summed E-state index contributed by atoms with van der Waals surface area (Å²) >= 11 is 0. The fourth-order valence-electron chi connectivity index (χ4n) is 0.614. The van der Waals surface area contributed by atoms with Crippen LogP contribution in [0.2, 0.25) is 0 Å². The summed E-state index contributed by atoms with van der Waals surface area (Å²) in [6.07, 6.45) is 0. The highest BCUT2D eigenvalue weighted by Gasteiger charge is 2.12. The molecule has 0 aliphatic carbocycles. The minimum absolute atomic E-state index is 0.162. The monoisotopic (exact) mass is 154 g/mol. The number of nitrogens with one attached hydrogen (secondary N) is 2. The van der Waals surface area contributed by atoms with Gasteiger partial charge in [-0.1, -0.05) is 5.92 Å². The molecule has 0 aromatic rings. The van der Waals surface area contributed by atoms with E-state index in [1.165, 1.54) is 0 Å². The van der Waals surface area contributed by atoms with Gasteiger partial charge >= 0.3 is 0 Å². The van der Waals surface area contributed by atoms with Crippen LogP contribution in [-0.4, -0.2) is 25.7 Å². The van der Waals surface area contributed by atoms with E-state index in [9.17, 15) is 0 Å². The van der Waals surface area contributed by atoms with Crippen LogP contribution in [0.3, 0.4) is 0 Å². The second-order valence-electron chi connectivity index (χ2n) is 3.16. The summed E-state index contributed by atoms with van der Waals surface area (Å²) in [5.41, 5.74) is 0.162. The maximum atomic E-state index is 3.24. The number of hydrogen-bond acceptors (Lipinski definition) is 2. The molecule has 0 spiro atoms. The molecule has 2 heteroatoms. The van der Waals surface area contributed by atoms with Crippen molar-refractivity contribution in [2.24, 2.45) is 0 Å². The molecule has 2 N–H and O–H groups in total. The summed E-state index contributed by atoms with van der Waals surface area (Å²) in [5.74, 6) is 5.80. The molecule has 2 nitrogen and oxygen atoms in total. The Morgan fingerprint density at radius 3 is 2.45 bits per heavy atom. The maximum Gasteiger partial charge on any atom is 0.0577 e. The predicted molar refractivity (Wildman–Crippen MR) is 49.5 cm³/mol. The van der Waals surface area contributed by atoms with Crippen molar-refractivity contribution in [1.82, 2.24) is 10.6 Å². The van der Waals surface area contributed by atoms with Gasteiger partial charge in [-0.25, -0.2) is 0 Å². The zero-order valence-electron chi connectivity index (χ0n) is 7.91. The van der Waals surface area contributed by atoms with Gasteiger partial charge < -0.3 is 10.6 Å². The average molecular weight is 154 g/mol. The number of likely N-dealkylation sites (N-methyl/N-ethyl adjacent to an activating group) is 1. The van der Waals surface area contributed by atoms with Crippen molar-refractivity contribution >= 4 is 0 Å². The second-order valence-corrected chi connectivity index (χ2v) is 3.16. The van der Waals surface area contributed by atoms with Crippen LogP contribution < -0.4 is 10.6 Å². The smallest absolute Gasteiger partial charge is 0.0577 e. The summed E-state index contributed by atoms with van der Waals surface area (Å²) < 4.78 is 0. The first-order valence-electron chi connectivity index (χ1n) is 3.91. The molecule has 0 atom stereocenters. The van der Waals surface area contributed by atoms with Crippen LogP contribution in [0.25, 0.3) is 0 Å². The van der Waals surface area contributed by atoms with Gasteiger partial charge in [0.15, 0.2) is 0 Å². The van der Waals surface area contributed by atoms with Crippen molar-refractivity contribution < 1.29 is 0 Å². The molecule has 0 aliphatic rings. The Hall–Kier alpha value is -0.520. The Bertz CT molecular complexity index is 151. The normalized spacial score (nSPS) is 10.5. The first kappa shape index (κ1) is 10.5. The highest BCUT2D eigenvalue weighted by molar-refractivity contribution is 4.97. The van der Waals surface area contributed by atoms with Gasteiger partial charge in [0.05, 0.1) is 6.54 Å². The summed E-state index contributed by atoms with van der Waals surface area (Å²) in [4.78, 5) is 0. The molecule has 0 aromatic heterocycles. The van der Waals surface area contributed by atoms with Crippen LogP contribution in [-0.2, 0) is 0 Å². The third-order valence-corrected chi connectivity index (χ3v) is 1.63. The molecule has 0 heterocycles. The number of rotatable bonds is 4. The Labute approximate surface area is 69.8 Å². The van der Waals surface area contributed by atoms with Crippen LogP contribution in [0.4, 0.5) is 0 Å². The third-order valence-electron chi connectivity index (χ3n) is 1.63. The number of hydrogen-bond donors (Lipinski definition) is 2. The van der Waals surface area contributed by atoms with Crippen molar-refractivity contribution in [3.05, 3.63) is 0 Å². The Morgan fingerprint density at radius 2 is 2.00 bits per heavy atom. The molecule has 0 aromatic carbocycles. The van der Waals surface area contributed by atoms with E-state index in [2.05, 4.69) is 36.3 Å². The van der Waals surface area contributed by atoms with E-state index in [0.717, 1.165) is 13.1 Å². The Morgan fingerprint density at radius 1 is 1.36 bits per heavy atom. The van der Waals surface area contributed by atoms with Gasteiger partial charge in [-0.05, 0) is 27.8 Å². The Balaban J connectivity index is 3.42. The van der Waals surface area contributed by atoms with E-state index >= 15 is 0 Å². The lowest BCUT2D eigenvalue weighted by Crippen LogP contribution is -2.45. The zero-order valence-corrected chi connectivity index (χ0v) is 7.91. The van der Waals surface area contributed by atoms with Crippen molar-refractivity contribution in [3.8, 4) is 11.8 Å². The molecule has 0 bridgehead atoms. The third kappa shape index (κ3) is 5.90. The van der Waals surface area contributed by atoms with Gasteiger partial charge in [-0.3, -0.25) is 0 Å². The molecular formula is C9H18N2. The summed E-state index contributed by atoms with van der Waals surface area (Å²) in [6.45, 7) is 7.88. The average Bonchev–Trinajstić information content (AvgIpc) is 1.99. The van der Waals surface area contributed by atoms with Gasteiger partial charge in [0.1, 0.15) is 0 Å². The first-order chi connectivity index (χ1) is 5.12. The van der Waals surface area contributed by atoms with E-state index < -0.39 is 0 Å². The highest BCUT2D eigenvalue weighted by Crippen LogP contribution is 1.96. The van der Waals surface area contributed by atoms with Gasteiger partial charge in [0.25, 0.3) is 0 Å². The van der Waals surface area contributed by atoms with E-state index in [-0.39, 0.29) is 5.54 Å². The largest absolute Gasteiger partial charge is 0.314 e. The fourth-order valence-corrected chi connectivity index (χ4v) is 0.614. The van der Waals surface area contributed by atoms with Gasteiger partial charge in [0, 0.05) is 12.1 Å². The lowest BCUT2D eigenvalue weighted by molar-refractivity contribution is 0.403. The van der Waals surface area contributed by atoms with Crippen molar-refractivity contribution in [2.75, 3.05) is 20.1 Å². The van der Waals surface area contributed by atoms with Gasteiger partial charge in [0.2, 0.25) is 0 Å². The summed E-state index contributed by atoms with van der Waals surface area (Å²) in [6, 6.07) is 0. The van der Waals surface area contributed by atoms with E-state index in [0.29, 0.717) is 0 Å². The molecule has 0 saturated heterocycles. The zero-order chi connectivity index (χ0) is 8.74. The lowest BCUT2D eigenvalue weighted by Gasteiger charge is -2.23. The van der Waals surface area contributed by atoms with Crippen molar-refractivity contribution in [3.63, 3.8) is 0 Å². The van der Waals surface area contributed by atoms with Gasteiger partial charge in [-0.15, -0.1) is 5.92 Å². The fraction of sp³-hybridized carbons (Fsp3) is 0.778. The first-order valence-corrected chi connectivity index (χ1v) is 3.91. The highest BCUT2D eigenvalue weighted by atomic mass is 15.0. The molecule has 11 heavy (non-hydrogen) atoms. The lowest BCUT2D eigenvalue weighted by atomic mass is 10.1. The van der Waals surface area contributed by atoms with E-state index in [4.69, 9.17) is 0 Å². The van der Waals surface area contributed by atoms with Crippen LogP contribution in [0.5, 0.6) is 0 Å². The standard InChI is InChI=1S/C9H18N2/c1-5-6-7-11-8-9(2,3)10-4/h10-11H,7-8H2,1-4H3.